The van der Waals surface area contributed by atoms with Crippen molar-refractivity contribution in [1.29, 1.82) is 0 Å². The van der Waals surface area contributed by atoms with E-state index in [4.69, 9.17) is 14.6 Å². The first kappa shape index (κ1) is 31.3. The zero-order chi connectivity index (χ0) is 31.1. The summed E-state index contributed by atoms with van der Waals surface area (Å²) in [6.45, 7) is 8.85. The molecule has 0 saturated carbocycles. The molecular formula is C39H34N4O2Pt. The molecule has 0 aliphatic rings. The van der Waals surface area contributed by atoms with Gasteiger partial charge in [0.1, 0.15) is 11.6 Å². The number of ether oxygens (including phenoxy) is 2. The van der Waals surface area contributed by atoms with Crippen LogP contribution in [0.25, 0.3) is 44.4 Å². The van der Waals surface area contributed by atoms with Gasteiger partial charge in [-0.2, -0.15) is 17.2 Å². The van der Waals surface area contributed by atoms with E-state index in [1.54, 1.807) is 13.3 Å². The van der Waals surface area contributed by atoms with E-state index in [0.29, 0.717) is 11.5 Å². The van der Waals surface area contributed by atoms with Gasteiger partial charge < -0.3 is 14.0 Å². The largest absolute Gasteiger partial charge is 2.00 e. The predicted octanol–water partition coefficient (Wildman–Crippen LogP) is 9.17. The Kier molecular flexibility index (Phi) is 8.84. The van der Waals surface area contributed by atoms with Crippen LogP contribution in [0.15, 0.2) is 91.4 Å². The molecule has 7 rings (SSSR count). The summed E-state index contributed by atoms with van der Waals surface area (Å²) in [5, 5.41) is 6.93. The molecule has 0 amide bonds. The molecule has 4 aromatic carbocycles. The van der Waals surface area contributed by atoms with Crippen molar-refractivity contribution in [3.63, 3.8) is 0 Å². The number of benzene rings is 4. The first-order valence-electron chi connectivity index (χ1n) is 15.3. The number of fused-ring (bicyclic) bond motifs is 3. The van der Waals surface area contributed by atoms with Crippen LogP contribution in [0, 0.1) is 26.0 Å². The number of hydrogen-bond acceptors (Lipinski definition) is 4. The van der Waals surface area contributed by atoms with Crippen molar-refractivity contribution in [1.82, 2.24) is 19.3 Å². The van der Waals surface area contributed by atoms with Crippen LogP contribution >= 0.6 is 0 Å². The minimum absolute atomic E-state index is 0. The van der Waals surface area contributed by atoms with Crippen molar-refractivity contribution < 1.29 is 30.5 Å². The standard InChI is InChI=1S/C39H34N4O2.Pt/c1-6-32-25(3)19-26(4)33(7-2)39(32)27-23-41-42(24-27)28-11-10-12-30(20-28)45-31-15-16-35-34-13-8-9-14-36(34)43(37(35)21-31)38-22-29(44-5)17-18-40-38;/h8-19,22-24H,6-7H2,1-5H3;/q-2;+2. The number of rotatable bonds is 8. The molecular weight excluding hydrogens is 752 g/mol. The average Bonchev–Trinajstić information content (AvgIpc) is 3.68. The second-order valence-electron chi connectivity index (χ2n) is 11.2. The number of para-hydroxylation sites is 1. The van der Waals surface area contributed by atoms with E-state index in [1.807, 2.05) is 59.4 Å². The van der Waals surface area contributed by atoms with Gasteiger partial charge in [-0.3, -0.25) is 4.68 Å². The van der Waals surface area contributed by atoms with E-state index in [2.05, 4.69) is 79.8 Å². The van der Waals surface area contributed by atoms with Gasteiger partial charge >= 0.3 is 21.1 Å². The molecule has 3 heterocycles. The first-order chi connectivity index (χ1) is 22.0. The van der Waals surface area contributed by atoms with E-state index in [-0.39, 0.29) is 21.1 Å². The van der Waals surface area contributed by atoms with Crippen LogP contribution < -0.4 is 9.47 Å². The summed E-state index contributed by atoms with van der Waals surface area (Å²) in [6, 6.07) is 31.1. The number of aryl methyl sites for hydroxylation is 2. The molecule has 0 atom stereocenters. The summed E-state index contributed by atoms with van der Waals surface area (Å²) < 4.78 is 15.8. The zero-order valence-corrected chi connectivity index (χ0v) is 28.8. The Bertz CT molecular complexity index is 2170. The molecule has 7 heteroatoms. The minimum atomic E-state index is 0. The van der Waals surface area contributed by atoms with Crippen molar-refractivity contribution in [2.24, 2.45) is 0 Å². The predicted molar refractivity (Wildman–Crippen MR) is 180 cm³/mol. The Balaban J connectivity index is 0.00000372. The molecule has 6 nitrogen and oxygen atoms in total. The molecule has 0 aliphatic carbocycles. The van der Waals surface area contributed by atoms with Crippen molar-refractivity contribution in [2.75, 3.05) is 7.11 Å². The minimum Gasteiger partial charge on any atom is -0.509 e. The van der Waals surface area contributed by atoms with Gasteiger partial charge in [0.05, 0.1) is 13.3 Å². The van der Waals surface area contributed by atoms with Crippen molar-refractivity contribution in [3.05, 3.63) is 126 Å². The molecule has 0 N–H and O–H groups in total. The number of methoxy groups -OCH3 is 1. The Morgan fingerprint density at radius 3 is 2.33 bits per heavy atom. The van der Waals surface area contributed by atoms with Crippen LogP contribution in [0.5, 0.6) is 17.2 Å². The third kappa shape index (κ3) is 5.52. The SMILES string of the molecule is CCc1c(C)cc(C)c(CC)c1-c1cnn(-c2[c-]c(Oc3[c-]c4c(cc3)c3ccccc3n4-c3cc(OC)ccn3)ccc2)c1.[Pt+2]. The maximum absolute atomic E-state index is 6.37. The first-order valence-corrected chi connectivity index (χ1v) is 15.3. The van der Waals surface area contributed by atoms with E-state index in [0.717, 1.165) is 57.5 Å². The quantitative estimate of drug-likeness (QED) is 0.144. The number of nitrogens with zero attached hydrogens (tertiary/aromatic N) is 4. The summed E-state index contributed by atoms with van der Waals surface area (Å²) in [4.78, 5) is 4.65. The maximum atomic E-state index is 6.37. The third-order valence-corrected chi connectivity index (χ3v) is 8.53. The fraction of sp³-hybridized carbons (Fsp3) is 0.179. The van der Waals surface area contributed by atoms with E-state index >= 15 is 0 Å². The fourth-order valence-electron chi connectivity index (χ4n) is 6.49. The second-order valence-corrected chi connectivity index (χ2v) is 11.2. The Hall–Kier alpha value is -4.67. The number of pyridine rings is 1. The molecule has 3 aromatic heterocycles. The Labute approximate surface area is 283 Å². The molecule has 0 radical (unpaired) electrons. The van der Waals surface area contributed by atoms with Gasteiger partial charge in [0.25, 0.3) is 0 Å². The zero-order valence-electron chi connectivity index (χ0n) is 26.5. The molecule has 232 valence electrons. The summed E-state index contributed by atoms with van der Waals surface area (Å²) in [7, 11) is 1.66. The van der Waals surface area contributed by atoms with Crippen LogP contribution in [-0.4, -0.2) is 26.4 Å². The van der Waals surface area contributed by atoms with Crippen LogP contribution in [0.2, 0.25) is 0 Å². The molecule has 46 heavy (non-hydrogen) atoms. The van der Waals surface area contributed by atoms with Crippen molar-refractivity contribution in [3.8, 4) is 39.9 Å². The van der Waals surface area contributed by atoms with Gasteiger partial charge in [-0.15, -0.1) is 35.7 Å². The van der Waals surface area contributed by atoms with Crippen LogP contribution in [0.1, 0.15) is 36.1 Å². The maximum Gasteiger partial charge on any atom is 2.00 e. The van der Waals surface area contributed by atoms with E-state index in [1.165, 1.54) is 27.8 Å². The molecule has 7 aromatic rings. The summed E-state index contributed by atoms with van der Waals surface area (Å²) in [5.74, 6) is 2.65. The number of aromatic nitrogens is 4. The molecule has 0 saturated heterocycles. The van der Waals surface area contributed by atoms with E-state index in [9.17, 15) is 0 Å². The van der Waals surface area contributed by atoms with Gasteiger partial charge in [-0.05, 0) is 77.7 Å². The van der Waals surface area contributed by atoms with Gasteiger partial charge in [0.2, 0.25) is 0 Å². The van der Waals surface area contributed by atoms with Crippen molar-refractivity contribution >= 4 is 21.8 Å². The number of hydrogen-bond donors (Lipinski definition) is 0. The Morgan fingerprint density at radius 2 is 1.57 bits per heavy atom. The molecule has 0 unspecified atom stereocenters. The van der Waals surface area contributed by atoms with Gasteiger partial charge in [0.15, 0.2) is 0 Å². The fourth-order valence-corrected chi connectivity index (χ4v) is 6.49. The average molecular weight is 786 g/mol. The van der Waals surface area contributed by atoms with Crippen LogP contribution in [0.3, 0.4) is 0 Å². The van der Waals surface area contributed by atoms with Gasteiger partial charge in [-0.25, -0.2) is 4.98 Å². The van der Waals surface area contributed by atoms with Crippen LogP contribution in [0.4, 0.5) is 0 Å². The van der Waals surface area contributed by atoms with Gasteiger partial charge in [0, 0.05) is 41.0 Å². The summed E-state index contributed by atoms with van der Waals surface area (Å²) in [6.07, 6.45) is 7.76. The summed E-state index contributed by atoms with van der Waals surface area (Å²) in [5.41, 5.74) is 10.5. The van der Waals surface area contributed by atoms with Crippen molar-refractivity contribution in [2.45, 2.75) is 40.5 Å². The van der Waals surface area contributed by atoms with Crippen LogP contribution in [-0.2, 0) is 33.9 Å². The molecule has 0 aliphatic heterocycles. The Morgan fingerprint density at radius 1 is 0.804 bits per heavy atom. The smallest absolute Gasteiger partial charge is 0.509 e. The normalized spacial score (nSPS) is 11.2. The summed E-state index contributed by atoms with van der Waals surface area (Å²) >= 11 is 0. The topological polar surface area (TPSA) is 54.1 Å². The van der Waals surface area contributed by atoms with E-state index < -0.39 is 0 Å². The third-order valence-electron chi connectivity index (χ3n) is 8.53. The van der Waals surface area contributed by atoms with Gasteiger partial charge in [-0.1, -0.05) is 43.6 Å². The molecule has 0 bridgehead atoms. The molecule has 0 fully saturated rings. The second kappa shape index (κ2) is 13.0. The monoisotopic (exact) mass is 785 g/mol. The molecule has 0 spiro atoms.